The van der Waals surface area contributed by atoms with Crippen molar-refractivity contribution in [1.82, 2.24) is 0 Å². The Bertz CT molecular complexity index is 105. The van der Waals surface area contributed by atoms with E-state index in [-0.39, 0.29) is 6.61 Å². The fourth-order valence-electron chi connectivity index (χ4n) is 0.340. The van der Waals surface area contributed by atoms with Crippen LogP contribution in [0.25, 0.3) is 0 Å². The highest BCUT2D eigenvalue weighted by Crippen LogP contribution is 1.93. The molecule has 0 fully saturated rings. The summed E-state index contributed by atoms with van der Waals surface area (Å²) in [7, 11) is 0. The van der Waals surface area contributed by atoms with E-state index in [0.29, 0.717) is 0 Å². The minimum Gasteiger partial charge on any atom is -0.501 e. The third kappa shape index (κ3) is 7.06. The molecule has 0 aromatic carbocycles. The van der Waals surface area contributed by atoms with E-state index in [2.05, 4.69) is 6.42 Å². The molecule has 2 heteroatoms. The van der Waals surface area contributed by atoms with Crippen LogP contribution in [0.15, 0.2) is 12.3 Å². The maximum atomic E-state index is 7.64. The van der Waals surface area contributed by atoms with Crippen molar-refractivity contribution in [2.75, 3.05) is 13.2 Å². The van der Waals surface area contributed by atoms with Crippen LogP contribution in [0, 0.1) is 12.3 Å². The van der Waals surface area contributed by atoms with Gasteiger partial charge in [0.2, 0.25) is 0 Å². The summed E-state index contributed by atoms with van der Waals surface area (Å²) in [6.07, 6.45) is 9.38. The van der Waals surface area contributed by atoms with Gasteiger partial charge in [-0.2, -0.15) is 0 Å². The lowest BCUT2D eigenvalue weighted by atomic mass is 10.5. The van der Waals surface area contributed by atoms with Crippen molar-refractivity contribution in [3.05, 3.63) is 12.3 Å². The molecule has 0 aromatic heterocycles. The van der Waals surface area contributed by atoms with Crippen LogP contribution in [-0.2, 0) is 4.74 Å². The highest BCUT2D eigenvalue weighted by Gasteiger charge is 1.83. The average Bonchev–Trinajstić information content (AvgIpc) is 2.43. The Balaban J connectivity index is 0.000000148. The zero-order chi connectivity index (χ0) is 6.95. The molecule has 1 rings (SSSR count). The Hall–Kier alpha value is -0.940. The molecule has 1 N–H and O–H groups in total. The molecule has 0 saturated heterocycles. The molecule has 0 spiro atoms. The van der Waals surface area contributed by atoms with Gasteiger partial charge in [-0.15, -0.1) is 6.42 Å². The molecule has 0 atom stereocenters. The lowest BCUT2D eigenvalue weighted by molar-refractivity contribution is 0.281. The molecule has 0 bridgehead atoms. The topological polar surface area (TPSA) is 29.5 Å². The van der Waals surface area contributed by atoms with Crippen molar-refractivity contribution in [1.29, 1.82) is 0 Å². The number of hydrogen-bond acceptors (Lipinski definition) is 2. The molecule has 9 heavy (non-hydrogen) atoms. The van der Waals surface area contributed by atoms with Crippen LogP contribution in [0.2, 0.25) is 0 Å². The van der Waals surface area contributed by atoms with Gasteiger partial charge in [-0.3, -0.25) is 0 Å². The summed E-state index contributed by atoms with van der Waals surface area (Å²) in [6, 6.07) is 0. The van der Waals surface area contributed by atoms with Gasteiger partial charge < -0.3 is 9.84 Å². The Morgan fingerprint density at radius 1 is 1.78 bits per heavy atom. The maximum absolute atomic E-state index is 7.64. The summed E-state index contributed by atoms with van der Waals surface area (Å²) in [5, 5.41) is 7.64. The monoisotopic (exact) mass is 126 g/mol. The zero-order valence-corrected chi connectivity index (χ0v) is 5.21. The third-order valence-corrected chi connectivity index (χ3v) is 0.686. The van der Waals surface area contributed by atoms with Gasteiger partial charge in [0.05, 0.1) is 12.9 Å². The zero-order valence-electron chi connectivity index (χ0n) is 5.21. The summed E-state index contributed by atoms with van der Waals surface area (Å²) in [6.45, 7) is 0.736. The van der Waals surface area contributed by atoms with Gasteiger partial charge in [0.15, 0.2) is 0 Å². The first kappa shape index (κ1) is 8.06. The Kier molecular flexibility index (Phi) is 6.32. The number of aliphatic hydroxyl groups excluding tert-OH is 1. The average molecular weight is 126 g/mol. The molecule has 1 aliphatic heterocycles. The Labute approximate surface area is 55.1 Å². The van der Waals surface area contributed by atoms with Gasteiger partial charge in [0, 0.05) is 6.42 Å². The van der Waals surface area contributed by atoms with E-state index >= 15 is 0 Å². The number of aliphatic hydroxyl groups is 1. The lowest BCUT2D eigenvalue weighted by Gasteiger charge is -1.79. The highest BCUT2D eigenvalue weighted by atomic mass is 16.5. The molecule has 0 aromatic rings. The predicted octanol–water partition coefficient (Wildman–Crippen LogP) is 0.532. The van der Waals surface area contributed by atoms with Crippen LogP contribution in [0.5, 0.6) is 0 Å². The van der Waals surface area contributed by atoms with E-state index < -0.39 is 0 Å². The highest BCUT2D eigenvalue weighted by molar-refractivity contribution is 4.81. The molecule has 1 aliphatic rings. The minimum atomic E-state index is -0.153. The Morgan fingerprint density at radius 3 is 2.56 bits per heavy atom. The SMILES string of the molecule is C#CCO.C1=COCC1. The van der Waals surface area contributed by atoms with Crippen molar-refractivity contribution in [2.45, 2.75) is 6.42 Å². The van der Waals surface area contributed by atoms with Crippen LogP contribution in [0.3, 0.4) is 0 Å². The van der Waals surface area contributed by atoms with Gasteiger partial charge in [0.1, 0.15) is 6.61 Å². The summed E-state index contributed by atoms with van der Waals surface area (Å²) >= 11 is 0. The molecule has 2 nitrogen and oxygen atoms in total. The van der Waals surface area contributed by atoms with Crippen molar-refractivity contribution in [3.8, 4) is 12.3 Å². The van der Waals surface area contributed by atoms with Gasteiger partial charge in [-0.25, -0.2) is 0 Å². The van der Waals surface area contributed by atoms with Gasteiger partial charge >= 0.3 is 0 Å². The number of ether oxygens (including phenoxy) is 1. The normalized spacial score (nSPS) is 12.9. The standard InChI is InChI=1S/C4H6O.C3H4O/c1-2-4-5-3-1;1-2-3-4/h1,3H,2,4H2;1,4H,3H2. The van der Waals surface area contributed by atoms with Crippen molar-refractivity contribution >= 4 is 0 Å². The van der Waals surface area contributed by atoms with E-state index in [9.17, 15) is 0 Å². The predicted molar refractivity (Wildman–Crippen MR) is 35.6 cm³/mol. The van der Waals surface area contributed by atoms with Gasteiger partial charge in [-0.05, 0) is 6.08 Å². The second-order valence-corrected chi connectivity index (χ2v) is 1.39. The second kappa shape index (κ2) is 7.06. The number of rotatable bonds is 0. The number of terminal acetylenes is 1. The van der Waals surface area contributed by atoms with Crippen molar-refractivity contribution < 1.29 is 9.84 Å². The Morgan fingerprint density at radius 2 is 2.44 bits per heavy atom. The first-order valence-corrected chi connectivity index (χ1v) is 2.72. The summed E-state index contributed by atoms with van der Waals surface area (Å²) in [5.41, 5.74) is 0. The number of hydrogen-bond donors (Lipinski definition) is 1. The summed E-state index contributed by atoms with van der Waals surface area (Å²) in [5.74, 6) is 1.99. The summed E-state index contributed by atoms with van der Waals surface area (Å²) in [4.78, 5) is 0. The van der Waals surface area contributed by atoms with Crippen LogP contribution in [0.1, 0.15) is 6.42 Å². The minimum absolute atomic E-state index is 0.153. The van der Waals surface area contributed by atoms with E-state index in [1.54, 1.807) is 6.26 Å². The molecule has 0 saturated carbocycles. The lowest BCUT2D eigenvalue weighted by Crippen LogP contribution is -1.70. The molecular formula is C7H10O2. The molecule has 0 radical (unpaired) electrons. The fourth-order valence-corrected chi connectivity index (χ4v) is 0.340. The summed E-state index contributed by atoms with van der Waals surface area (Å²) < 4.78 is 4.76. The molecule has 0 amide bonds. The molecule has 1 heterocycles. The third-order valence-electron chi connectivity index (χ3n) is 0.686. The van der Waals surface area contributed by atoms with E-state index in [4.69, 9.17) is 9.84 Å². The molecule has 0 aliphatic carbocycles. The second-order valence-electron chi connectivity index (χ2n) is 1.39. The fraction of sp³-hybridized carbons (Fsp3) is 0.429. The maximum Gasteiger partial charge on any atom is 0.103 e. The quantitative estimate of drug-likeness (QED) is 0.480. The van der Waals surface area contributed by atoms with Crippen LogP contribution < -0.4 is 0 Å². The van der Waals surface area contributed by atoms with Gasteiger partial charge in [0.25, 0.3) is 0 Å². The van der Waals surface area contributed by atoms with E-state index in [1.807, 2.05) is 12.0 Å². The first-order valence-electron chi connectivity index (χ1n) is 2.72. The van der Waals surface area contributed by atoms with E-state index in [0.717, 1.165) is 13.0 Å². The van der Waals surface area contributed by atoms with Crippen LogP contribution in [-0.4, -0.2) is 18.3 Å². The largest absolute Gasteiger partial charge is 0.501 e. The van der Waals surface area contributed by atoms with Crippen molar-refractivity contribution in [3.63, 3.8) is 0 Å². The molecule has 50 valence electrons. The van der Waals surface area contributed by atoms with Gasteiger partial charge in [-0.1, -0.05) is 5.92 Å². The smallest absolute Gasteiger partial charge is 0.103 e. The van der Waals surface area contributed by atoms with Crippen molar-refractivity contribution in [2.24, 2.45) is 0 Å². The molecule has 0 unspecified atom stereocenters. The van der Waals surface area contributed by atoms with Crippen LogP contribution in [0.4, 0.5) is 0 Å². The molecular weight excluding hydrogens is 116 g/mol. The first-order chi connectivity index (χ1) is 4.41. The van der Waals surface area contributed by atoms with Crippen LogP contribution >= 0.6 is 0 Å². The van der Waals surface area contributed by atoms with E-state index in [1.165, 1.54) is 0 Å².